The molecule has 226 valence electrons. The Morgan fingerprint density at radius 2 is 0.723 bits per heavy atom. The molecule has 0 aliphatic rings. The van der Waals surface area contributed by atoms with Gasteiger partial charge in [0.1, 0.15) is 0 Å². The number of nitrogens with zero attached hydrogens (tertiary/aromatic N) is 3. The van der Waals surface area contributed by atoms with Crippen LogP contribution in [-0.4, -0.2) is 6.21 Å². The number of benzene rings is 7. The zero-order valence-corrected chi connectivity index (χ0v) is 25.9. The fourth-order valence-electron chi connectivity index (χ4n) is 5.51. The van der Waals surface area contributed by atoms with E-state index in [4.69, 9.17) is 5.10 Å². The minimum Gasteiger partial charge on any atom is -0.356 e. The summed E-state index contributed by atoms with van der Waals surface area (Å²) in [7, 11) is 0. The molecule has 0 fully saturated rings. The number of hydrogen-bond donors (Lipinski definition) is 1. The van der Waals surface area contributed by atoms with Crippen molar-refractivity contribution in [1.29, 1.82) is 0 Å². The predicted molar refractivity (Wildman–Crippen MR) is 199 cm³/mol. The summed E-state index contributed by atoms with van der Waals surface area (Å²) in [5, 5.41) is 10.3. The molecule has 0 atom stereocenters. The highest BCUT2D eigenvalue weighted by Crippen LogP contribution is 2.35. The van der Waals surface area contributed by atoms with Crippen LogP contribution in [0.25, 0.3) is 11.1 Å². The van der Waals surface area contributed by atoms with Gasteiger partial charge in [-0.3, -0.25) is 0 Å². The van der Waals surface area contributed by atoms with Crippen molar-refractivity contribution in [2.75, 3.05) is 15.2 Å². The fraction of sp³-hybridized carbons (Fsp3) is 0. The van der Waals surface area contributed by atoms with Crippen molar-refractivity contribution in [1.82, 2.24) is 0 Å². The standard InChI is InChI=1S/C43H34N4/c1-5-13-39(14-6-1)46(40-15-7-2-8-16-40)41-31-25-36(26-32-41)35-23-29-38(30-24-35)45-37-27-21-34(22-28-37)33-44-47(42-17-9-3-10-18-42)43-19-11-4-12-20-43/h1-33,45H. The van der Waals surface area contributed by atoms with Crippen LogP contribution in [0.5, 0.6) is 0 Å². The van der Waals surface area contributed by atoms with E-state index >= 15 is 0 Å². The van der Waals surface area contributed by atoms with E-state index in [1.807, 2.05) is 59.8 Å². The highest BCUT2D eigenvalue weighted by atomic mass is 15.5. The molecule has 47 heavy (non-hydrogen) atoms. The lowest BCUT2D eigenvalue weighted by atomic mass is 10.0. The summed E-state index contributed by atoms with van der Waals surface area (Å²) in [5.74, 6) is 0. The van der Waals surface area contributed by atoms with Gasteiger partial charge in [-0.1, -0.05) is 109 Å². The van der Waals surface area contributed by atoms with Gasteiger partial charge < -0.3 is 10.2 Å². The molecule has 0 aromatic heterocycles. The van der Waals surface area contributed by atoms with Crippen LogP contribution in [0, 0.1) is 0 Å². The van der Waals surface area contributed by atoms with E-state index in [-0.39, 0.29) is 0 Å². The van der Waals surface area contributed by atoms with Crippen LogP contribution >= 0.6 is 0 Å². The zero-order chi connectivity index (χ0) is 31.7. The van der Waals surface area contributed by atoms with Crippen molar-refractivity contribution in [2.45, 2.75) is 0 Å². The van der Waals surface area contributed by atoms with Crippen molar-refractivity contribution in [3.63, 3.8) is 0 Å². The molecular formula is C43H34N4. The Kier molecular flexibility index (Phi) is 8.83. The van der Waals surface area contributed by atoms with Crippen molar-refractivity contribution in [2.24, 2.45) is 5.10 Å². The lowest BCUT2D eigenvalue weighted by Gasteiger charge is -2.25. The van der Waals surface area contributed by atoms with E-state index in [9.17, 15) is 0 Å². The summed E-state index contributed by atoms with van der Waals surface area (Å²) in [5.41, 5.74) is 10.8. The van der Waals surface area contributed by atoms with Gasteiger partial charge in [0.25, 0.3) is 0 Å². The third-order valence-corrected chi connectivity index (χ3v) is 7.90. The molecule has 0 aliphatic carbocycles. The highest BCUT2D eigenvalue weighted by Gasteiger charge is 2.12. The normalized spacial score (nSPS) is 10.9. The van der Waals surface area contributed by atoms with Crippen molar-refractivity contribution in [3.05, 3.63) is 200 Å². The van der Waals surface area contributed by atoms with Crippen molar-refractivity contribution in [3.8, 4) is 11.1 Å². The van der Waals surface area contributed by atoms with E-state index < -0.39 is 0 Å². The van der Waals surface area contributed by atoms with E-state index in [0.29, 0.717) is 0 Å². The van der Waals surface area contributed by atoms with Crippen LogP contribution in [0.15, 0.2) is 199 Å². The van der Waals surface area contributed by atoms with E-state index in [2.05, 4.69) is 156 Å². The molecule has 0 saturated heterocycles. The van der Waals surface area contributed by atoms with Gasteiger partial charge in [-0.25, -0.2) is 5.01 Å². The van der Waals surface area contributed by atoms with Gasteiger partial charge in [-0.15, -0.1) is 0 Å². The maximum Gasteiger partial charge on any atom is 0.0652 e. The molecular weight excluding hydrogens is 573 g/mol. The minimum absolute atomic E-state index is 1.01. The van der Waals surface area contributed by atoms with Gasteiger partial charge in [0.15, 0.2) is 0 Å². The Morgan fingerprint density at radius 1 is 0.362 bits per heavy atom. The molecule has 0 heterocycles. The Balaban J connectivity index is 1.03. The molecule has 0 aliphatic heterocycles. The van der Waals surface area contributed by atoms with Crippen LogP contribution in [0.4, 0.5) is 39.8 Å². The fourth-order valence-corrected chi connectivity index (χ4v) is 5.51. The summed E-state index contributed by atoms with van der Waals surface area (Å²) >= 11 is 0. The van der Waals surface area contributed by atoms with Crippen molar-refractivity contribution < 1.29 is 0 Å². The maximum absolute atomic E-state index is 4.82. The second kappa shape index (κ2) is 14.1. The predicted octanol–water partition coefficient (Wildman–Crippen LogP) is 11.7. The molecule has 7 rings (SSSR count). The van der Waals surface area contributed by atoms with E-state index in [1.165, 1.54) is 11.1 Å². The number of anilines is 7. The molecule has 7 aromatic carbocycles. The topological polar surface area (TPSA) is 30.9 Å². The lowest BCUT2D eigenvalue weighted by Crippen LogP contribution is -2.09. The Morgan fingerprint density at radius 3 is 1.17 bits per heavy atom. The first-order chi connectivity index (χ1) is 23.3. The molecule has 7 aromatic rings. The zero-order valence-electron chi connectivity index (χ0n) is 25.9. The molecule has 1 N–H and O–H groups in total. The highest BCUT2D eigenvalue weighted by molar-refractivity contribution is 5.83. The van der Waals surface area contributed by atoms with Gasteiger partial charge in [0.2, 0.25) is 0 Å². The summed E-state index contributed by atoms with van der Waals surface area (Å²) in [6.07, 6.45) is 1.89. The maximum atomic E-state index is 4.82. The van der Waals surface area contributed by atoms with Crippen LogP contribution < -0.4 is 15.2 Å². The SMILES string of the molecule is C(=NN(c1ccccc1)c1ccccc1)c1ccc(Nc2ccc(-c3ccc(N(c4ccccc4)c4ccccc4)cc3)cc2)cc1. The molecule has 0 radical (unpaired) electrons. The summed E-state index contributed by atoms with van der Waals surface area (Å²) in [4.78, 5) is 2.27. The number of para-hydroxylation sites is 4. The van der Waals surface area contributed by atoms with Crippen LogP contribution in [0.2, 0.25) is 0 Å². The second-order valence-corrected chi connectivity index (χ2v) is 11.1. The van der Waals surface area contributed by atoms with E-state index in [0.717, 1.165) is 45.4 Å². The third kappa shape index (κ3) is 7.14. The summed E-state index contributed by atoms with van der Waals surface area (Å²) in [6, 6.07) is 66.9. The quantitative estimate of drug-likeness (QED) is 0.124. The molecule has 0 bridgehead atoms. The average molecular weight is 607 g/mol. The number of rotatable bonds is 10. The summed E-state index contributed by atoms with van der Waals surface area (Å²) < 4.78 is 0. The molecule has 0 amide bonds. The van der Waals surface area contributed by atoms with Crippen molar-refractivity contribution >= 4 is 46.0 Å². The van der Waals surface area contributed by atoms with Crippen LogP contribution in [0.1, 0.15) is 5.56 Å². The Bertz CT molecular complexity index is 1930. The Labute approximate surface area is 276 Å². The first-order valence-electron chi connectivity index (χ1n) is 15.7. The summed E-state index contributed by atoms with van der Waals surface area (Å²) in [6.45, 7) is 0. The van der Waals surface area contributed by atoms with Crippen LogP contribution in [-0.2, 0) is 0 Å². The van der Waals surface area contributed by atoms with Gasteiger partial charge >= 0.3 is 0 Å². The lowest BCUT2D eigenvalue weighted by molar-refractivity contribution is 1.09. The molecule has 0 unspecified atom stereocenters. The average Bonchev–Trinajstić information content (AvgIpc) is 3.15. The number of nitrogens with one attached hydrogen (secondary N) is 1. The van der Waals surface area contributed by atoms with Gasteiger partial charge in [0.05, 0.1) is 17.6 Å². The molecule has 4 heteroatoms. The van der Waals surface area contributed by atoms with Gasteiger partial charge in [-0.05, 0) is 102 Å². The van der Waals surface area contributed by atoms with Gasteiger partial charge in [0, 0.05) is 28.4 Å². The molecule has 0 spiro atoms. The van der Waals surface area contributed by atoms with E-state index in [1.54, 1.807) is 0 Å². The smallest absolute Gasteiger partial charge is 0.0652 e. The molecule has 0 saturated carbocycles. The number of hydrogen-bond acceptors (Lipinski definition) is 4. The Hall–Kier alpha value is -6.39. The largest absolute Gasteiger partial charge is 0.356 e. The second-order valence-electron chi connectivity index (χ2n) is 11.1. The first-order valence-corrected chi connectivity index (χ1v) is 15.7. The minimum atomic E-state index is 1.01. The number of hydrazone groups is 1. The molecule has 4 nitrogen and oxygen atoms in total. The van der Waals surface area contributed by atoms with Crippen LogP contribution in [0.3, 0.4) is 0 Å². The van der Waals surface area contributed by atoms with Gasteiger partial charge in [-0.2, -0.15) is 5.10 Å². The monoisotopic (exact) mass is 606 g/mol. The first kappa shape index (κ1) is 29.3. The third-order valence-electron chi connectivity index (χ3n) is 7.90.